The molecule has 22 heteroatoms. The molecule has 2 fully saturated rings. The van der Waals surface area contributed by atoms with Crippen molar-refractivity contribution < 1.29 is 19.5 Å². The van der Waals surface area contributed by atoms with Gasteiger partial charge in [-0.05, 0) is 74.2 Å². The number of nitrogens with zero attached hydrogens (tertiary/aromatic N) is 14. The van der Waals surface area contributed by atoms with Crippen LogP contribution in [0.25, 0.3) is 55.1 Å². The fourth-order valence-electron chi connectivity index (χ4n) is 9.00. The van der Waals surface area contributed by atoms with Gasteiger partial charge in [-0.25, -0.2) is 19.9 Å². The van der Waals surface area contributed by atoms with E-state index in [1.807, 2.05) is 67.5 Å². The van der Waals surface area contributed by atoms with Crippen LogP contribution in [0.4, 0.5) is 23.5 Å². The lowest BCUT2D eigenvalue weighted by atomic mass is 9.82. The van der Waals surface area contributed by atoms with Crippen LogP contribution < -0.4 is 25.6 Å². The van der Waals surface area contributed by atoms with Gasteiger partial charge < -0.3 is 39.3 Å². The van der Waals surface area contributed by atoms with Crippen LogP contribution in [-0.2, 0) is 0 Å². The maximum absolute atomic E-state index is 8.66. The predicted octanol–water partition coefficient (Wildman–Crippen LogP) is 7.75. The van der Waals surface area contributed by atoms with Gasteiger partial charge in [0, 0.05) is 87.9 Å². The highest BCUT2D eigenvalue weighted by Gasteiger charge is 2.25. The summed E-state index contributed by atoms with van der Waals surface area (Å²) in [6.45, 7) is 0. The first kappa shape index (κ1) is 45.8. The van der Waals surface area contributed by atoms with E-state index in [0.29, 0.717) is 58.0 Å². The molecule has 0 amide bonds. The highest BCUT2D eigenvalue weighted by atomic mass is 35.5. The van der Waals surface area contributed by atoms with Crippen molar-refractivity contribution in [2.24, 2.45) is 0 Å². The minimum absolute atomic E-state index is 0.348. The average molecular weight is 957 g/mol. The Bertz CT molecular complexity index is 3370. The summed E-state index contributed by atoms with van der Waals surface area (Å²) >= 11 is 5.79. The van der Waals surface area contributed by atoms with Crippen molar-refractivity contribution in [1.29, 1.82) is 0 Å². The van der Waals surface area contributed by atoms with E-state index in [2.05, 4.69) is 70.1 Å². The molecule has 0 bridgehead atoms. The second-order valence-corrected chi connectivity index (χ2v) is 17.0. The average Bonchev–Trinajstić information content (AvgIpc) is 4.24. The molecule has 10 aromatic heterocycles. The molecule has 0 aromatic carbocycles. The van der Waals surface area contributed by atoms with Crippen LogP contribution in [0, 0.1) is 0 Å². The van der Waals surface area contributed by atoms with E-state index in [4.69, 9.17) is 41.1 Å². The molecule has 0 spiro atoms. The minimum atomic E-state index is -1.46. The van der Waals surface area contributed by atoms with E-state index in [1.54, 1.807) is 37.6 Å². The summed E-state index contributed by atoms with van der Waals surface area (Å²) in [5, 5.41) is 44.8. The van der Waals surface area contributed by atoms with Crippen molar-refractivity contribution in [1.82, 2.24) is 69.4 Å². The molecule has 2 saturated carbocycles. The number of nitrogens with one attached hydrogen (secondary N) is 2. The summed E-state index contributed by atoms with van der Waals surface area (Å²) < 4.78 is 14.5. The van der Waals surface area contributed by atoms with Gasteiger partial charge >= 0.3 is 7.12 Å². The SMILES string of the molecule is COc1ccc(-c2ccc(Nc3ncc4c5ccncc5n(C5CCCC5)c4n3)nn2)cn1.COc1ccc(B(O)O)cn1.Clc1ccc(Nc2ncc3c4ccncc4n(C4CCCC4)c3n2)nn1. The molecule has 12 rings (SSSR count). The van der Waals surface area contributed by atoms with Crippen molar-refractivity contribution >= 4 is 91.6 Å². The Morgan fingerprint density at radius 2 is 1.09 bits per heavy atom. The topological polar surface area (TPSA) is 248 Å². The number of hydrogen-bond donors (Lipinski definition) is 4. The Kier molecular flexibility index (Phi) is 13.5. The number of pyridine rings is 4. The van der Waals surface area contributed by atoms with E-state index in [0.717, 1.165) is 68.0 Å². The molecule has 2 aliphatic carbocycles. The third-order valence-corrected chi connectivity index (χ3v) is 12.6. The lowest BCUT2D eigenvalue weighted by Crippen LogP contribution is -2.29. The van der Waals surface area contributed by atoms with Crippen LogP contribution >= 0.6 is 11.6 Å². The number of fused-ring (bicyclic) bond motifs is 6. The highest BCUT2D eigenvalue weighted by Crippen LogP contribution is 2.39. The van der Waals surface area contributed by atoms with Gasteiger partial charge in [0.15, 0.2) is 16.8 Å². The molecular formula is C48H46BClN16O4. The van der Waals surface area contributed by atoms with E-state index in [-0.39, 0.29) is 0 Å². The van der Waals surface area contributed by atoms with Gasteiger partial charge in [-0.3, -0.25) is 9.97 Å². The smallest absolute Gasteiger partial charge is 0.481 e. The van der Waals surface area contributed by atoms with Gasteiger partial charge in [0.05, 0.1) is 43.3 Å². The van der Waals surface area contributed by atoms with Gasteiger partial charge in [-0.1, -0.05) is 43.4 Å². The van der Waals surface area contributed by atoms with Crippen LogP contribution in [-0.4, -0.2) is 101 Å². The van der Waals surface area contributed by atoms with Crippen LogP contribution in [0.5, 0.6) is 11.8 Å². The lowest BCUT2D eigenvalue weighted by molar-refractivity contribution is 0.397. The van der Waals surface area contributed by atoms with Crippen molar-refractivity contribution in [2.45, 2.75) is 63.5 Å². The Balaban J connectivity index is 0.000000136. The Hall–Kier alpha value is -8.01. The predicted molar refractivity (Wildman–Crippen MR) is 267 cm³/mol. The summed E-state index contributed by atoms with van der Waals surface area (Å²) in [6, 6.07) is 18.9. The molecule has 0 aliphatic heterocycles. The molecule has 352 valence electrons. The van der Waals surface area contributed by atoms with Gasteiger partial charge in [-0.2, -0.15) is 9.97 Å². The summed E-state index contributed by atoms with van der Waals surface area (Å²) in [7, 11) is 1.62. The number of ether oxygens (including phenoxy) is 2. The maximum atomic E-state index is 8.66. The van der Waals surface area contributed by atoms with Gasteiger partial charge in [0.2, 0.25) is 23.7 Å². The minimum Gasteiger partial charge on any atom is -0.481 e. The molecule has 0 atom stereocenters. The largest absolute Gasteiger partial charge is 0.490 e. The van der Waals surface area contributed by atoms with Gasteiger partial charge in [0.1, 0.15) is 11.3 Å². The number of rotatable bonds is 10. The van der Waals surface area contributed by atoms with Crippen LogP contribution in [0.2, 0.25) is 5.15 Å². The van der Waals surface area contributed by atoms with Crippen molar-refractivity contribution in [3.05, 3.63) is 115 Å². The Labute approximate surface area is 405 Å². The summed E-state index contributed by atoms with van der Waals surface area (Å²) in [5.74, 6) is 3.12. The number of hydrogen-bond acceptors (Lipinski definition) is 18. The summed E-state index contributed by atoms with van der Waals surface area (Å²) in [5.41, 5.74) is 6.03. The molecule has 0 saturated heterocycles. The second kappa shape index (κ2) is 20.7. The van der Waals surface area contributed by atoms with Crippen molar-refractivity contribution in [2.75, 3.05) is 24.9 Å². The van der Waals surface area contributed by atoms with E-state index in [1.165, 1.54) is 57.9 Å². The Morgan fingerprint density at radius 1 is 0.557 bits per heavy atom. The molecular weight excluding hydrogens is 911 g/mol. The first-order chi connectivity index (χ1) is 34.3. The summed E-state index contributed by atoms with van der Waals surface area (Å²) in [6.07, 6.45) is 24.0. The number of halogens is 1. The third kappa shape index (κ3) is 9.80. The Morgan fingerprint density at radius 3 is 1.53 bits per heavy atom. The van der Waals surface area contributed by atoms with Crippen LogP contribution in [0.15, 0.2) is 110 Å². The zero-order valence-corrected chi connectivity index (χ0v) is 38.9. The molecule has 2 aliphatic rings. The molecule has 4 N–H and O–H groups in total. The fraction of sp³-hybridized carbons (Fsp3) is 0.250. The highest BCUT2D eigenvalue weighted by molar-refractivity contribution is 6.58. The van der Waals surface area contributed by atoms with E-state index >= 15 is 0 Å². The first-order valence-electron chi connectivity index (χ1n) is 22.8. The molecule has 0 radical (unpaired) electrons. The quantitative estimate of drug-likeness (QED) is 0.0957. The first-order valence-corrected chi connectivity index (χ1v) is 23.2. The zero-order chi connectivity index (χ0) is 48.0. The third-order valence-electron chi connectivity index (χ3n) is 12.4. The zero-order valence-electron chi connectivity index (χ0n) is 38.1. The molecule has 10 aromatic rings. The second-order valence-electron chi connectivity index (χ2n) is 16.7. The monoisotopic (exact) mass is 956 g/mol. The van der Waals surface area contributed by atoms with Crippen LogP contribution in [0.1, 0.15) is 63.5 Å². The number of aromatic nitrogens is 14. The lowest BCUT2D eigenvalue weighted by Gasteiger charge is -2.14. The van der Waals surface area contributed by atoms with Crippen molar-refractivity contribution in [3.63, 3.8) is 0 Å². The van der Waals surface area contributed by atoms with E-state index < -0.39 is 7.12 Å². The molecule has 0 unspecified atom stereocenters. The maximum Gasteiger partial charge on any atom is 0.490 e. The van der Waals surface area contributed by atoms with Crippen LogP contribution in [0.3, 0.4) is 0 Å². The van der Waals surface area contributed by atoms with E-state index in [9.17, 15) is 0 Å². The molecule has 10 heterocycles. The van der Waals surface area contributed by atoms with Gasteiger partial charge in [0.25, 0.3) is 0 Å². The number of anilines is 4. The fourth-order valence-corrected chi connectivity index (χ4v) is 9.10. The molecule has 70 heavy (non-hydrogen) atoms. The van der Waals surface area contributed by atoms with Gasteiger partial charge in [-0.15, -0.1) is 20.4 Å². The summed E-state index contributed by atoms with van der Waals surface area (Å²) in [4.78, 5) is 35.3. The number of methoxy groups -OCH3 is 2. The standard InChI is InChI=1S/C24H22N8O.C18H16ClN7.C6H8BNO3/c1-33-22-9-6-15(12-26-22)19-7-8-21(31-30-19)28-24-27-13-18-17-10-11-25-14-20(17)32(23(18)29-24)16-4-2-3-5-16;19-15-5-6-16(25-24-15)22-18-21-9-13-12-7-8-20-10-14(12)26(17(13)23-18)11-3-1-2-4-11;1-11-6-3-2-5(4-8-6)7(9)10/h6-14,16H,2-5H2,1H3,(H,27,28,29,31);5-11H,1-4H2,(H,21,22,23,25);2-4,9-10H,1H3. The normalized spacial score (nSPS) is 13.8. The van der Waals surface area contributed by atoms with Crippen molar-refractivity contribution in [3.8, 4) is 23.0 Å². The molecule has 20 nitrogen and oxygen atoms in total.